The number of rotatable bonds is 2. The van der Waals surface area contributed by atoms with Crippen LogP contribution >= 0.6 is 15.9 Å². The summed E-state index contributed by atoms with van der Waals surface area (Å²) in [4.78, 5) is 14.9. The van der Waals surface area contributed by atoms with E-state index in [0.29, 0.717) is 5.82 Å². The number of hydrogen-bond donors (Lipinski definition) is 1. The van der Waals surface area contributed by atoms with Crippen LogP contribution in [-0.2, 0) is 11.2 Å². The van der Waals surface area contributed by atoms with Crippen molar-refractivity contribution in [3.05, 3.63) is 34.3 Å². The predicted molar refractivity (Wildman–Crippen MR) is 59.0 cm³/mol. The molecule has 0 aliphatic heterocycles. The molecular formula is C10H9BrN2O2. The summed E-state index contributed by atoms with van der Waals surface area (Å²) in [5.41, 5.74) is 1.77. The Labute approximate surface area is 94.7 Å². The molecule has 0 unspecified atom stereocenters. The standard InChI is InChI=1S/C10H9BrN2O2/c1-6-7-3-2-4-8(11)13(7)9(12-6)5-10(14)15/h2-4H,5H2,1H3,(H,14,15). The van der Waals surface area contributed by atoms with Crippen LogP contribution in [0.2, 0.25) is 0 Å². The molecule has 15 heavy (non-hydrogen) atoms. The van der Waals surface area contributed by atoms with Gasteiger partial charge in [-0.3, -0.25) is 9.20 Å². The van der Waals surface area contributed by atoms with Crippen LogP contribution in [0.5, 0.6) is 0 Å². The third-order valence-electron chi connectivity index (χ3n) is 2.18. The molecule has 0 bridgehead atoms. The Morgan fingerprint density at radius 2 is 2.33 bits per heavy atom. The Bertz CT molecular complexity index is 533. The first-order valence-corrected chi connectivity index (χ1v) is 5.23. The first-order valence-electron chi connectivity index (χ1n) is 4.44. The summed E-state index contributed by atoms with van der Waals surface area (Å²) in [7, 11) is 0. The van der Waals surface area contributed by atoms with Crippen LogP contribution in [0, 0.1) is 6.92 Å². The minimum absolute atomic E-state index is 0.0718. The molecule has 0 saturated heterocycles. The van der Waals surface area contributed by atoms with Gasteiger partial charge in [-0.05, 0) is 35.0 Å². The number of carboxylic acid groups (broad SMARTS) is 1. The van der Waals surface area contributed by atoms with E-state index in [4.69, 9.17) is 5.11 Å². The largest absolute Gasteiger partial charge is 0.481 e. The quantitative estimate of drug-likeness (QED) is 0.849. The van der Waals surface area contributed by atoms with Gasteiger partial charge in [0.15, 0.2) is 0 Å². The SMILES string of the molecule is Cc1nc(CC(=O)O)n2c(Br)cccc12. The molecule has 0 amide bonds. The molecule has 0 spiro atoms. The van der Waals surface area contributed by atoms with E-state index in [1.54, 1.807) is 0 Å². The molecule has 2 aromatic rings. The molecule has 78 valence electrons. The normalized spacial score (nSPS) is 10.8. The summed E-state index contributed by atoms with van der Waals surface area (Å²) in [5, 5.41) is 8.76. The highest BCUT2D eigenvalue weighted by Gasteiger charge is 2.12. The van der Waals surface area contributed by atoms with Gasteiger partial charge in [0, 0.05) is 0 Å². The van der Waals surface area contributed by atoms with Crippen molar-refractivity contribution >= 4 is 27.4 Å². The summed E-state index contributed by atoms with van der Waals surface area (Å²) < 4.78 is 2.63. The monoisotopic (exact) mass is 268 g/mol. The Kier molecular flexibility index (Phi) is 2.48. The minimum atomic E-state index is -0.877. The van der Waals surface area contributed by atoms with Crippen molar-refractivity contribution in [2.75, 3.05) is 0 Å². The highest BCUT2D eigenvalue weighted by Crippen LogP contribution is 2.19. The summed E-state index contributed by atoms with van der Waals surface area (Å²) in [6.45, 7) is 1.87. The van der Waals surface area contributed by atoms with Crippen molar-refractivity contribution in [2.24, 2.45) is 0 Å². The van der Waals surface area contributed by atoms with Crippen molar-refractivity contribution in [3.8, 4) is 0 Å². The smallest absolute Gasteiger partial charge is 0.311 e. The van der Waals surface area contributed by atoms with Crippen molar-refractivity contribution < 1.29 is 9.90 Å². The van der Waals surface area contributed by atoms with Crippen LogP contribution in [0.1, 0.15) is 11.5 Å². The third-order valence-corrected chi connectivity index (χ3v) is 2.80. The fourth-order valence-electron chi connectivity index (χ4n) is 1.58. The zero-order valence-corrected chi connectivity index (χ0v) is 9.65. The molecule has 0 atom stereocenters. The Morgan fingerprint density at radius 1 is 1.60 bits per heavy atom. The van der Waals surface area contributed by atoms with E-state index in [1.807, 2.05) is 29.5 Å². The zero-order valence-electron chi connectivity index (χ0n) is 8.07. The number of pyridine rings is 1. The van der Waals surface area contributed by atoms with E-state index < -0.39 is 5.97 Å². The van der Waals surface area contributed by atoms with E-state index in [9.17, 15) is 4.79 Å². The fourth-order valence-corrected chi connectivity index (χ4v) is 2.13. The van der Waals surface area contributed by atoms with Gasteiger partial charge < -0.3 is 5.11 Å². The highest BCUT2D eigenvalue weighted by atomic mass is 79.9. The number of imidazole rings is 1. The number of aryl methyl sites for hydroxylation is 1. The number of carbonyl (C=O) groups is 1. The second-order valence-corrected chi connectivity index (χ2v) is 4.07. The highest BCUT2D eigenvalue weighted by molar-refractivity contribution is 9.10. The van der Waals surface area contributed by atoms with Crippen molar-refractivity contribution in [2.45, 2.75) is 13.3 Å². The second kappa shape index (κ2) is 3.66. The minimum Gasteiger partial charge on any atom is -0.481 e. The average Bonchev–Trinajstić information content (AvgIpc) is 2.44. The van der Waals surface area contributed by atoms with E-state index >= 15 is 0 Å². The Balaban J connectivity index is 2.70. The lowest BCUT2D eigenvalue weighted by molar-refractivity contribution is -0.136. The van der Waals surface area contributed by atoms with Gasteiger partial charge in [-0.2, -0.15) is 0 Å². The maximum atomic E-state index is 10.7. The molecular weight excluding hydrogens is 260 g/mol. The van der Waals surface area contributed by atoms with Crippen molar-refractivity contribution in [1.82, 2.24) is 9.38 Å². The lowest BCUT2D eigenvalue weighted by Gasteiger charge is -2.01. The fraction of sp³-hybridized carbons (Fsp3) is 0.200. The average molecular weight is 269 g/mol. The van der Waals surface area contributed by atoms with Gasteiger partial charge in [0.25, 0.3) is 0 Å². The number of nitrogens with zero attached hydrogens (tertiary/aromatic N) is 2. The summed E-state index contributed by atoms with van der Waals surface area (Å²) in [6.07, 6.45) is -0.0718. The molecule has 0 aliphatic rings. The van der Waals surface area contributed by atoms with Gasteiger partial charge in [0.1, 0.15) is 12.2 Å². The van der Waals surface area contributed by atoms with Gasteiger partial charge in [0.2, 0.25) is 0 Å². The van der Waals surface area contributed by atoms with Gasteiger partial charge in [-0.25, -0.2) is 4.98 Å². The van der Waals surface area contributed by atoms with Gasteiger partial charge in [0.05, 0.1) is 15.8 Å². The van der Waals surface area contributed by atoms with Gasteiger partial charge >= 0.3 is 5.97 Å². The number of halogens is 1. The van der Waals surface area contributed by atoms with Crippen LogP contribution in [-0.4, -0.2) is 20.5 Å². The first-order chi connectivity index (χ1) is 7.09. The Hall–Kier alpha value is -1.36. The van der Waals surface area contributed by atoms with Crippen LogP contribution in [0.25, 0.3) is 5.52 Å². The molecule has 5 heteroatoms. The van der Waals surface area contributed by atoms with E-state index in [1.165, 1.54) is 0 Å². The topological polar surface area (TPSA) is 54.6 Å². The lowest BCUT2D eigenvalue weighted by atomic mass is 10.3. The Morgan fingerprint density at radius 3 is 3.00 bits per heavy atom. The third kappa shape index (κ3) is 1.74. The molecule has 0 aliphatic carbocycles. The van der Waals surface area contributed by atoms with Crippen molar-refractivity contribution in [1.29, 1.82) is 0 Å². The number of hydrogen-bond acceptors (Lipinski definition) is 2. The summed E-state index contributed by atoms with van der Waals surface area (Å²) in [5.74, 6) is -0.333. The molecule has 2 aromatic heterocycles. The van der Waals surface area contributed by atoms with Crippen LogP contribution in [0.4, 0.5) is 0 Å². The number of carboxylic acids is 1. The van der Waals surface area contributed by atoms with Crippen LogP contribution < -0.4 is 0 Å². The van der Waals surface area contributed by atoms with E-state index in [-0.39, 0.29) is 6.42 Å². The van der Waals surface area contributed by atoms with E-state index in [2.05, 4.69) is 20.9 Å². The summed E-state index contributed by atoms with van der Waals surface area (Å²) in [6, 6.07) is 5.68. The van der Waals surface area contributed by atoms with Crippen molar-refractivity contribution in [3.63, 3.8) is 0 Å². The molecule has 1 N–H and O–H groups in total. The van der Waals surface area contributed by atoms with E-state index in [0.717, 1.165) is 15.8 Å². The molecule has 0 aromatic carbocycles. The number of fused-ring (bicyclic) bond motifs is 1. The predicted octanol–water partition coefficient (Wildman–Crippen LogP) is 2.03. The van der Waals surface area contributed by atoms with Gasteiger partial charge in [-0.15, -0.1) is 0 Å². The van der Waals surface area contributed by atoms with Crippen LogP contribution in [0.15, 0.2) is 22.8 Å². The number of aromatic nitrogens is 2. The second-order valence-electron chi connectivity index (χ2n) is 3.25. The lowest BCUT2D eigenvalue weighted by Crippen LogP contribution is -2.05. The maximum Gasteiger partial charge on any atom is 0.311 e. The summed E-state index contributed by atoms with van der Waals surface area (Å²) >= 11 is 3.38. The first kappa shape index (κ1) is 10.2. The maximum absolute atomic E-state index is 10.7. The molecule has 4 nitrogen and oxygen atoms in total. The van der Waals surface area contributed by atoms with Gasteiger partial charge in [-0.1, -0.05) is 6.07 Å². The van der Waals surface area contributed by atoms with Crippen LogP contribution in [0.3, 0.4) is 0 Å². The molecule has 0 fully saturated rings. The zero-order chi connectivity index (χ0) is 11.0. The molecule has 2 rings (SSSR count). The molecule has 0 radical (unpaired) electrons. The molecule has 2 heterocycles. The number of aliphatic carboxylic acids is 1. The molecule has 0 saturated carbocycles.